The SMILES string of the molecule is CCN1CCCC1CNc1nc2cc(/C(N)=N/N)ccc2c2sccc12. The van der Waals surface area contributed by atoms with Gasteiger partial charge in [0.25, 0.3) is 0 Å². The van der Waals surface area contributed by atoms with Crippen molar-refractivity contribution in [2.45, 2.75) is 25.8 Å². The van der Waals surface area contributed by atoms with Crippen LogP contribution < -0.4 is 16.9 Å². The van der Waals surface area contributed by atoms with Crippen LogP contribution in [0.5, 0.6) is 0 Å². The minimum Gasteiger partial charge on any atom is -0.382 e. The number of nitrogens with one attached hydrogen (secondary N) is 1. The number of hydrogen-bond donors (Lipinski definition) is 3. The van der Waals surface area contributed by atoms with Crippen molar-refractivity contribution in [2.75, 3.05) is 25.0 Å². The van der Waals surface area contributed by atoms with Gasteiger partial charge in [-0.1, -0.05) is 19.1 Å². The van der Waals surface area contributed by atoms with Crippen LogP contribution in [0.25, 0.3) is 21.0 Å². The normalized spacial score (nSPS) is 18.8. The highest BCUT2D eigenvalue weighted by molar-refractivity contribution is 7.18. The maximum atomic E-state index is 5.87. The van der Waals surface area contributed by atoms with E-state index in [2.05, 4.69) is 33.7 Å². The zero-order chi connectivity index (χ0) is 18.1. The molecular formula is C19H24N6S. The van der Waals surface area contributed by atoms with Gasteiger partial charge in [0.15, 0.2) is 0 Å². The van der Waals surface area contributed by atoms with Crippen LogP contribution in [-0.4, -0.2) is 41.4 Å². The first kappa shape index (κ1) is 17.1. The van der Waals surface area contributed by atoms with Crippen molar-refractivity contribution in [3.63, 3.8) is 0 Å². The van der Waals surface area contributed by atoms with Crippen molar-refractivity contribution in [1.82, 2.24) is 9.88 Å². The number of fused-ring (bicyclic) bond motifs is 3. The Hall–Kier alpha value is -2.38. The molecule has 1 fully saturated rings. The molecule has 7 heteroatoms. The number of anilines is 1. The summed E-state index contributed by atoms with van der Waals surface area (Å²) in [5.41, 5.74) is 7.57. The molecule has 0 radical (unpaired) electrons. The summed E-state index contributed by atoms with van der Waals surface area (Å²) in [6.07, 6.45) is 2.52. The van der Waals surface area contributed by atoms with Gasteiger partial charge < -0.3 is 16.9 Å². The minimum absolute atomic E-state index is 0.319. The smallest absolute Gasteiger partial charge is 0.150 e. The van der Waals surface area contributed by atoms with Gasteiger partial charge in [-0.3, -0.25) is 4.90 Å². The molecule has 3 heterocycles. The first-order valence-corrected chi connectivity index (χ1v) is 9.92. The van der Waals surface area contributed by atoms with E-state index in [0.29, 0.717) is 11.9 Å². The molecule has 1 saturated heterocycles. The Morgan fingerprint density at radius 2 is 2.27 bits per heavy atom. The molecule has 1 aliphatic heterocycles. The van der Waals surface area contributed by atoms with Crippen LogP contribution in [0.2, 0.25) is 0 Å². The van der Waals surface area contributed by atoms with Gasteiger partial charge in [0, 0.05) is 33.6 Å². The molecule has 0 spiro atoms. The average Bonchev–Trinajstić information content (AvgIpc) is 3.34. The highest BCUT2D eigenvalue weighted by Crippen LogP contribution is 2.34. The highest BCUT2D eigenvalue weighted by Gasteiger charge is 2.23. The number of benzene rings is 1. The van der Waals surface area contributed by atoms with Crippen LogP contribution >= 0.6 is 11.3 Å². The monoisotopic (exact) mass is 368 g/mol. The Balaban J connectivity index is 1.71. The summed E-state index contributed by atoms with van der Waals surface area (Å²) in [4.78, 5) is 7.43. The van der Waals surface area contributed by atoms with Gasteiger partial charge >= 0.3 is 0 Å². The fourth-order valence-electron chi connectivity index (χ4n) is 3.83. The Morgan fingerprint density at radius 3 is 3.08 bits per heavy atom. The standard InChI is InChI=1S/C19H24N6S/c1-2-25-8-3-4-13(25)11-22-19-15-7-9-26-17(15)14-6-5-12(18(20)24-21)10-16(14)23-19/h5-7,9-10,13H,2-4,8,11,21H2,1H3,(H2,20,24)(H,22,23). The summed E-state index contributed by atoms with van der Waals surface area (Å²) >= 11 is 1.74. The molecule has 0 bridgehead atoms. The molecule has 0 saturated carbocycles. The van der Waals surface area contributed by atoms with E-state index in [4.69, 9.17) is 16.6 Å². The van der Waals surface area contributed by atoms with E-state index in [9.17, 15) is 0 Å². The van der Waals surface area contributed by atoms with Gasteiger partial charge in [-0.25, -0.2) is 4.98 Å². The highest BCUT2D eigenvalue weighted by atomic mass is 32.1. The maximum absolute atomic E-state index is 5.87. The van der Waals surface area contributed by atoms with E-state index < -0.39 is 0 Å². The topological polar surface area (TPSA) is 92.6 Å². The third-order valence-electron chi connectivity index (χ3n) is 5.24. The van der Waals surface area contributed by atoms with E-state index in [-0.39, 0.29) is 0 Å². The number of likely N-dealkylation sites (N-methyl/N-ethyl adjacent to an activating group) is 1. The van der Waals surface area contributed by atoms with Gasteiger partial charge in [0.1, 0.15) is 11.7 Å². The van der Waals surface area contributed by atoms with Crippen LogP contribution in [0.1, 0.15) is 25.3 Å². The summed E-state index contributed by atoms with van der Waals surface area (Å²) in [7, 11) is 0. The minimum atomic E-state index is 0.319. The number of nitrogens with zero attached hydrogens (tertiary/aromatic N) is 3. The molecule has 4 rings (SSSR count). The van der Waals surface area contributed by atoms with Crippen molar-refractivity contribution in [3.05, 3.63) is 35.2 Å². The van der Waals surface area contributed by atoms with Crippen LogP contribution in [0, 0.1) is 0 Å². The number of likely N-dealkylation sites (tertiary alicyclic amines) is 1. The molecule has 1 unspecified atom stereocenters. The molecule has 0 aliphatic carbocycles. The third-order valence-corrected chi connectivity index (χ3v) is 6.19. The Morgan fingerprint density at radius 1 is 1.38 bits per heavy atom. The van der Waals surface area contributed by atoms with Crippen LogP contribution in [0.4, 0.5) is 5.82 Å². The number of hydrazone groups is 1. The summed E-state index contributed by atoms with van der Waals surface area (Å²) in [6, 6.07) is 8.68. The number of pyridine rings is 1. The van der Waals surface area contributed by atoms with Gasteiger partial charge in [0.05, 0.1) is 5.52 Å². The Kier molecular flexibility index (Phi) is 4.65. The second kappa shape index (κ2) is 7.09. The Labute approximate surface area is 156 Å². The molecule has 0 amide bonds. The number of hydrogen-bond acceptors (Lipinski definition) is 6. The van der Waals surface area contributed by atoms with Crippen LogP contribution in [0.15, 0.2) is 34.7 Å². The van der Waals surface area contributed by atoms with Crippen molar-refractivity contribution < 1.29 is 0 Å². The molecule has 1 atom stereocenters. The molecule has 6 nitrogen and oxygen atoms in total. The van der Waals surface area contributed by atoms with Crippen LogP contribution in [0.3, 0.4) is 0 Å². The summed E-state index contributed by atoms with van der Waals surface area (Å²) in [5, 5.41) is 11.6. The summed E-state index contributed by atoms with van der Waals surface area (Å²) in [6.45, 7) is 5.45. The van der Waals surface area contributed by atoms with Crippen molar-refractivity contribution >= 4 is 44.0 Å². The second-order valence-corrected chi connectivity index (χ2v) is 7.59. The molecule has 26 heavy (non-hydrogen) atoms. The van der Waals surface area contributed by atoms with Crippen molar-refractivity contribution in [2.24, 2.45) is 16.7 Å². The van der Waals surface area contributed by atoms with E-state index in [1.165, 1.54) is 29.5 Å². The van der Waals surface area contributed by atoms with Crippen LogP contribution in [-0.2, 0) is 0 Å². The van der Waals surface area contributed by atoms with Gasteiger partial charge in [-0.2, -0.15) is 5.10 Å². The van der Waals surface area contributed by atoms with Crippen molar-refractivity contribution in [1.29, 1.82) is 0 Å². The fourth-order valence-corrected chi connectivity index (χ4v) is 4.76. The lowest BCUT2D eigenvalue weighted by molar-refractivity contribution is 0.277. The molecule has 5 N–H and O–H groups in total. The van der Waals surface area contributed by atoms with E-state index >= 15 is 0 Å². The average molecular weight is 369 g/mol. The zero-order valence-corrected chi connectivity index (χ0v) is 15.7. The van der Waals surface area contributed by atoms with Crippen molar-refractivity contribution in [3.8, 4) is 0 Å². The molecule has 136 valence electrons. The largest absolute Gasteiger partial charge is 0.382 e. The number of nitrogens with two attached hydrogens (primary N) is 2. The number of thiophene rings is 1. The second-order valence-electron chi connectivity index (χ2n) is 6.68. The fraction of sp³-hybridized carbons (Fsp3) is 0.368. The quantitative estimate of drug-likeness (QED) is 0.279. The predicted octanol–water partition coefficient (Wildman–Crippen LogP) is 2.92. The molecule has 2 aromatic heterocycles. The number of aromatic nitrogens is 1. The summed E-state index contributed by atoms with van der Waals surface area (Å²) < 4.78 is 1.24. The molecular weight excluding hydrogens is 344 g/mol. The lowest BCUT2D eigenvalue weighted by Crippen LogP contribution is -2.34. The molecule has 3 aromatic rings. The number of amidine groups is 1. The van der Waals surface area contributed by atoms with E-state index in [0.717, 1.165) is 35.4 Å². The van der Waals surface area contributed by atoms with Gasteiger partial charge in [-0.05, 0) is 43.4 Å². The van der Waals surface area contributed by atoms with Gasteiger partial charge in [0.2, 0.25) is 0 Å². The lowest BCUT2D eigenvalue weighted by atomic mass is 10.1. The maximum Gasteiger partial charge on any atom is 0.150 e. The van der Waals surface area contributed by atoms with E-state index in [1.54, 1.807) is 11.3 Å². The van der Waals surface area contributed by atoms with E-state index in [1.807, 2.05) is 18.2 Å². The Bertz CT molecular complexity index is 963. The zero-order valence-electron chi connectivity index (χ0n) is 14.9. The first-order valence-electron chi connectivity index (χ1n) is 9.04. The summed E-state index contributed by atoms with van der Waals surface area (Å²) in [5.74, 6) is 6.58. The predicted molar refractivity (Wildman–Crippen MR) is 111 cm³/mol. The molecule has 1 aliphatic rings. The first-order chi connectivity index (χ1) is 12.7. The molecule has 1 aromatic carbocycles. The lowest BCUT2D eigenvalue weighted by Gasteiger charge is -2.23. The number of rotatable bonds is 5. The third kappa shape index (κ3) is 2.97. The van der Waals surface area contributed by atoms with Gasteiger partial charge in [-0.15, -0.1) is 11.3 Å².